The molecule has 1 N–H and O–H groups in total. The van der Waals surface area contributed by atoms with Crippen LogP contribution in [0.4, 0.5) is 0 Å². The Morgan fingerprint density at radius 1 is 1.00 bits per heavy atom. The summed E-state index contributed by atoms with van der Waals surface area (Å²) in [6.07, 6.45) is 4.57. The lowest BCUT2D eigenvalue weighted by atomic mass is 9.92. The van der Waals surface area contributed by atoms with Gasteiger partial charge in [0.15, 0.2) is 0 Å². The number of hydrogen-bond acceptors (Lipinski definition) is 7. The average molecular weight is 366 g/mol. The Bertz CT molecular complexity index is 955. The van der Waals surface area contributed by atoms with Gasteiger partial charge in [-0.2, -0.15) is 4.98 Å². The molecule has 0 atom stereocenters. The van der Waals surface area contributed by atoms with Crippen LogP contribution in [0.5, 0.6) is 23.3 Å². The Kier molecular flexibility index (Phi) is 4.98. The number of aromatic nitrogens is 4. The Labute approximate surface area is 155 Å². The third-order valence-corrected chi connectivity index (χ3v) is 3.45. The Morgan fingerprint density at radius 3 is 2.30 bits per heavy atom. The third-order valence-electron chi connectivity index (χ3n) is 3.45. The van der Waals surface area contributed by atoms with Gasteiger partial charge in [-0.05, 0) is 12.1 Å². The standard InChI is InChI=1S/C19H18N4O4/c1-19(2,3)14-10-15(23-17(22-14)18(24)25)26-12-5-4-6-13(9-12)27-16-11-20-7-8-21-16/h4-11H,1-3H3,(H,24,25). The lowest BCUT2D eigenvalue weighted by molar-refractivity contribution is 0.0681. The first-order valence-corrected chi connectivity index (χ1v) is 8.16. The molecule has 8 heteroatoms. The molecule has 8 nitrogen and oxygen atoms in total. The predicted molar refractivity (Wildman–Crippen MR) is 96.3 cm³/mol. The van der Waals surface area contributed by atoms with Crippen LogP contribution < -0.4 is 9.47 Å². The summed E-state index contributed by atoms with van der Waals surface area (Å²) >= 11 is 0. The lowest BCUT2D eigenvalue weighted by Crippen LogP contribution is -2.17. The Morgan fingerprint density at radius 2 is 1.70 bits per heavy atom. The van der Waals surface area contributed by atoms with Crippen molar-refractivity contribution in [3.05, 3.63) is 60.4 Å². The zero-order valence-corrected chi connectivity index (χ0v) is 15.1. The number of ether oxygens (including phenoxy) is 2. The highest BCUT2D eigenvalue weighted by Gasteiger charge is 2.21. The van der Waals surface area contributed by atoms with Crippen LogP contribution in [-0.2, 0) is 5.41 Å². The summed E-state index contributed by atoms with van der Waals surface area (Å²) < 4.78 is 11.4. The van der Waals surface area contributed by atoms with E-state index in [0.717, 1.165) is 0 Å². The van der Waals surface area contributed by atoms with Crippen LogP contribution in [0.15, 0.2) is 48.9 Å². The Hall–Kier alpha value is -3.55. The van der Waals surface area contributed by atoms with Crippen molar-refractivity contribution in [3.63, 3.8) is 0 Å². The molecule has 138 valence electrons. The van der Waals surface area contributed by atoms with Gasteiger partial charge in [0.05, 0.1) is 11.9 Å². The maximum absolute atomic E-state index is 11.3. The van der Waals surface area contributed by atoms with E-state index in [4.69, 9.17) is 9.47 Å². The van der Waals surface area contributed by atoms with Crippen LogP contribution in [0.3, 0.4) is 0 Å². The van der Waals surface area contributed by atoms with Crippen LogP contribution in [0.2, 0.25) is 0 Å². The number of hydrogen-bond donors (Lipinski definition) is 1. The van der Waals surface area contributed by atoms with Crippen molar-refractivity contribution >= 4 is 5.97 Å². The fourth-order valence-corrected chi connectivity index (χ4v) is 2.14. The van der Waals surface area contributed by atoms with Gasteiger partial charge in [-0.3, -0.25) is 4.98 Å². The first-order valence-electron chi connectivity index (χ1n) is 8.16. The molecule has 0 bridgehead atoms. The van der Waals surface area contributed by atoms with Crippen molar-refractivity contribution in [1.82, 2.24) is 19.9 Å². The van der Waals surface area contributed by atoms with E-state index in [1.165, 1.54) is 12.4 Å². The second-order valence-corrected chi connectivity index (χ2v) is 6.69. The summed E-state index contributed by atoms with van der Waals surface area (Å²) in [5, 5.41) is 9.26. The van der Waals surface area contributed by atoms with E-state index in [1.54, 1.807) is 36.5 Å². The molecule has 1 aromatic carbocycles. The van der Waals surface area contributed by atoms with E-state index in [1.807, 2.05) is 20.8 Å². The molecule has 0 aliphatic rings. The fourth-order valence-electron chi connectivity index (χ4n) is 2.14. The van der Waals surface area contributed by atoms with Crippen molar-refractivity contribution in [3.8, 4) is 23.3 Å². The molecule has 0 saturated carbocycles. The van der Waals surface area contributed by atoms with Gasteiger partial charge >= 0.3 is 5.97 Å². The molecular weight excluding hydrogens is 348 g/mol. The average Bonchev–Trinajstić information content (AvgIpc) is 2.62. The van der Waals surface area contributed by atoms with Crippen molar-refractivity contribution in [2.24, 2.45) is 0 Å². The molecule has 0 unspecified atom stereocenters. The molecule has 2 aromatic heterocycles. The fraction of sp³-hybridized carbons (Fsp3) is 0.211. The summed E-state index contributed by atoms with van der Waals surface area (Å²) in [6.45, 7) is 5.79. The van der Waals surface area contributed by atoms with Crippen LogP contribution in [-0.4, -0.2) is 31.0 Å². The van der Waals surface area contributed by atoms with E-state index in [0.29, 0.717) is 23.1 Å². The molecule has 0 aliphatic heterocycles. The normalized spacial score (nSPS) is 11.1. The predicted octanol–water partition coefficient (Wildman–Crippen LogP) is 3.85. The van der Waals surface area contributed by atoms with Crippen molar-refractivity contribution in [2.45, 2.75) is 26.2 Å². The monoisotopic (exact) mass is 366 g/mol. The number of nitrogens with zero attached hydrogens (tertiary/aromatic N) is 4. The summed E-state index contributed by atoms with van der Waals surface area (Å²) in [6, 6.07) is 8.47. The van der Waals surface area contributed by atoms with E-state index < -0.39 is 5.97 Å². The van der Waals surface area contributed by atoms with Crippen LogP contribution >= 0.6 is 0 Å². The number of carboxylic acids is 1. The number of carbonyl (C=O) groups is 1. The molecule has 0 amide bonds. The van der Waals surface area contributed by atoms with Gasteiger partial charge in [-0.1, -0.05) is 26.8 Å². The topological polar surface area (TPSA) is 107 Å². The highest BCUT2D eigenvalue weighted by molar-refractivity contribution is 5.83. The summed E-state index contributed by atoms with van der Waals surface area (Å²) in [7, 11) is 0. The third kappa shape index (κ3) is 4.75. The molecule has 3 aromatic rings. The highest BCUT2D eigenvalue weighted by atomic mass is 16.5. The van der Waals surface area contributed by atoms with Crippen molar-refractivity contribution < 1.29 is 19.4 Å². The van der Waals surface area contributed by atoms with E-state index in [2.05, 4.69) is 19.9 Å². The molecule has 0 aliphatic carbocycles. The minimum Gasteiger partial charge on any atom is -0.475 e. The first kappa shape index (κ1) is 18.2. The number of benzene rings is 1. The maximum Gasteiger partial charge on any atom is 0.374 e. The van der Waals surface area contributed by atoms with Gasteiger partial charge in [-0.15, -0.1) is 0 Å². The molecule has 0 saturated heterocycles. The number of rotatable bonds is 5. The van der Waals surface area contributed by atoms with Gasteiger partial charge in [-0.25, -0.2) is 14.8 Å². The first-order chi connectivity index (χ1) is 12.8. The Balaban J connectivity index is 1.87. The summed E-state index contributed by atoms with van der Waals surface area (Å²) in [5.41, 5.74) is 0.208. The smallest absolute Gasteiger partial charge is 0.374 e. The molecule has 0 radical (unpaired) electrons. The minimum atomic E-state index is -1.22. The molecule has 0 fully saturated rings. The molecule has 3 rings (SSSR count). The quantitative estimate of drug-likeness (QED) is 0.725. The van der Waals surface area contributed by atoms with Gasteiger partial charge in [0.2, 0.25) is 17.6 Å². The SMILES string of the molecule is CC(C)(C)c1cc(Oc2cccc(Oc3cnccn3)c2)nc(C(=O)O)n1. The maximum atomic E-state index is 11.3. The molecule has 0 spiro atoms. The molecule has 27 heavy (non-hydrogen) atoms. The highest BCUT2D eigenvalue weighted by Crippen LogP contribution is 2.29. The zero-order chi connectivity index (χ0) is 19.4. The van der Waals surface area contributed by atoms with Gasteiger partial charge < -0.3 is 14.6 Å². The summed E-state index contributed by atoms with van der Waals surface area (Å²) in [4.78, 5) is 27.4. The van der Waals surface area contributed by atoms with Crippen LogP contribution in [0, 0.1) is 0 Å². The second kappa shape index (κ2) is 7.36. The zero-order valence-electron chi connectivity index (χ0n) is 15.1. The summed E-state index contributed by atoms with van der Waals surface area (Å²) in [5.74, 6) is -0.109. The van der Waals surface area contributed by atoms with E-state index in [-0.39, 0.29) is 17.1 Å². The lowest BCUT2D eigenvalue weighted by Gasteiger charge is -2.18. The van der Waals surface area contributed by atoms with E-state index in [9.17, 15) is 9.90 Å². The van der Waals surface area contributed by atoms with Crippen molar-refractivity contribution in [1.29, 1.82) is 0 Å². The molecule has 2 heterocycles. The van der Waals surface area contributed by atoms with Crippen LogP contribution in [0.25, 0.3) is 0 Å². The van der Waals surface area contributed by atoms with Crippen molar-refractivity contribution in [2.75, 3.05) is 0 Å². The second-order valence-electron chi connectivity index (χ2n) is 6.69. The van der Waals surface area contributed by atoms with Gasteiger partial charge in [0.25, 0.3) is 0 Å². The van der Waals surface area contributed by atoms with Gasteiger partial charge in [0.1, 0.15) is 11.5 Å². The largest absolute Gasteiger partial charge is 0.475 e. The van der Waals surface area contributed by atoms with E-state index >= 15 is 0 Å². The minimum absolute atomic E-state index is 0.143. The number of aromatic carboxylic acids is 1. The number of carboxylic acid groups (broad SMARTS) is 1. The van der Waals surface area contributed by atoms with Crippen LogP contribution in [0.1, 0.15) is 37.1 Å². The molecular formula is C19H18N4O4. The van der Waals surface area contributed by atoms with Gasteiger partial charge in [0, 0.05) is 29.9 Å².